The number of anilines is 1. The molecule has 0 unspecified atom stereocenters. The van der Waals surface area contributed by atoms with Crippen molar-refractivity contribution >= 4 is 17.5 Å². The SMILES string of the molecule is CC(C)NC(=O)CN1CCN(CC(=O)N(Cc2ccco2)c2ccccc2)CC1. The Kier molecular flexibility index (Phi) is 7.43. The molecule has 0 saturated carbocycles. The van der Waals surface area contributed by atoms with Crippen LogP contribution in [0.2, 0.25) is 0 Å². The van der Waals surface area contributed by atoms with Gasteiger partial charge < -0.3 is 14.6 Å². The number of rotatable bonds is 8. The molecule has 7 heteroatoms. The lowest BCUT2D eigenvalue weighted by atomic mass is 10.2. The van der Waals surface area contributed by atoms with Crippen LogP contribution in [0.5, 0.6) is 0 Å². The summed E-state index contributed by atoms with van der Waals surface area (Å²) in [7, 11) is 0. The third-order valence-electron chi connectivity index (χ3n) is 4.90. The van der Waals surface area contributed by atoms with Crippen LogP contribution in [0, 0.1) is 0 Å². The smallest absolute Gasteiger partial charge is 0.241 e. The number of para-hydroxylation sites is 1. The van der Waals surface area contributed by atoms with E-state index in [4.69, 9.17) is 4.42 Å². The summed E-state index contributed by atoms with van der Waals surface area (Å²) in [5, 5.41) is 2.92. The number of hydrogen-bond donors (Lipinski definition) is 1. The molecule has 1 N–H and O–H groups in total. The van der Waals surface area contributed by atoms with Crippen molar-refractivity contribution in [3.8, 4) is 0 Å². The van der Waals surface area contributed by atoms with E-state index in [1.165, 1.54) is 0 Å². The Bertz CT molecular complexity index is 769. The maximum atomic E-state index is 13.1. The first-order valence-corrected chi connectivity index (χ1v) is 10.1. The van der Waals surface area contributed by atoms with Gasteiger partial charge in [0.15, 0.2) is 0 Å². The van der Waals surface area contributed by atoms with E-state index >= 15 is 0 Å². The maximum absolute atomic E-state index is 13.1. The second kappa shape index (κ2) is 10.2. The molecule has 156 valence electrons. The molecule has 2 amide bonds. The zero-order valence-electron chi connectivity index (χ0n) is 17.2. The number of amides is 2. The highest BCUT2D eigenvalue weighted by Crippen LogP contribution is 2.18. The van der Waals surface area contributed by atoms with E-state index in [0.717, 1.165) is 37.6 Å². The number of carbonyl (C=O) groups excluding carboxylic acids is 2. The predicted molar refractivity (Wildman–Crippen MR) is 112 cm³/mol. The zero-order valence-corrected chi connectivity index (χ0v) is 17.2. The molecule has 1 aromatic carbocycles. The van der Waals surface area contributed by atoms with Crippen LogP contribution in [-0.4, -0.2) is 66.9 Å². The normalized spacial score (nSPS) is 15.4. The summed E-state index contributed by atoms with van der Waals surface area (Å²) in [4.78, 5) is 31.1. The lowest BCUT2D eigenvalue weighted by molar-refractivity contribution is -0.124. The molecule has 0 radical (unpaired) electrons. The quantitative estimate of drug-likeness (QED) is 0.736. The van der Waals surface area contributed by atoms with E-state index in [1.807, 2.05) is 56.3 Å². The summed E-state index contributed by atoms with van der Waals surface area (Å²) in [5.74, 6) is 0.847. The van der Waals surface area contributed by atoms with Crippen LogP contribution in [0.3, 0.4) is 0 Å². The highest BCUT2D eigenvalue weighted by molar-refractivity contribution is 5.94. The minimum atomic E-state index is 0.0404. The molecule has 2 heterocycles. The van der Waals surface area contributed by atoms with Crippen molar-refractivity contribution in [3.05, 3.63) is 54.5 Å². The van der Waals surface area contributed by atoms with Crippen LogP contribution in [-0.2, 0) is 16.1 Å². The van der Waals surface area contributed by atoms with Gasteiger partial charge in [0.25, 0.3) is 0 Å². The molecule has 1 aromatic heterocycles. The summed E-state index contributed by atoms with van der Waals surface area (Å²) in [6, 6.07) is 13.5. The highest BCUT2D eigenvalue weighted by Gasteiger charge is 2.24. The third-order valence-corrected chi connectivity index (χ3v) is 4.90. The van der Waals surface area contributed by atoms with E-state index in [2.05, 4.69) is 15.1 Å². The van der Waals surface area contributed by atoms with Crippen LogP contribution >= 0.6 is 0 Å². The monoisotopic (exact) mass is 398 g/mol. The summed E-state index contributed by atoms with van der Waals surface area (Å²) >= 11 is 0. The maximum Gasteiger partial charge on any atom is 0.241 e. The molecular formula is C22H30N4O3. The number of furan rings is 1. The highest BCUT2D eigenvalue weighted by atomic mass is 16.3. The molecule has 1 aliphatic heterocycles. The average Bonchev–Trinajstić information content (AvgIpc) is 3.21. The van der Waals surface area contributed by atoms with Crippen molar-refractivity contribution < 1.29 is 14.0 Å². The molecule has 2 aromatic rings. The van der Waals surface area contributed by atoms with E-state index in [-0.39, 0.29) is 17.9 Å². The van der Waals surface area contributed by atoms with Crippen LogP contribution in [0.15, 0.2) is 53.1 Å². The second-order valence-corrected chi connectivity index (χ2v) is 7.67. The van der Waals surface area contributed by atoms with Gasteiger partial charge in [0.05, 0.1) is 25.9 Å². The number of piperazine rings is 1. The molecule has 29 heavy (non-hydrogen) atoms. The minimum absolute atomic E-state index is 0.0404. The van der Waals surface area contributed by atoms with Gasteiger partial charge in [-0.1, -0.05) is 18.2 Å². The van der Waals surface area contributed by atoms with E-state index in [9.17, 15) is 9.59 Å². The van der Waals surface area contributed by atoms with Crippen LogP contribution in [0.4, 0.5) is 5.69 Å². The van der Waals surface area contributed by atoms with Gasteiger partial charge in [-0.3, -0.25) is 19.4 Å². The fourth-order valence-electron chi connectivity index (χ4n) is 3.44. The van der Waals surface area contributed by atoms with Gasteiger partial charge >= 0.3 is 0 Å². The van der Waals surface area contributed by atoms with Gasteiger partial charge in [-0.15, -0.1) is 0 Å². The molecule has 0 aliphatic carbocycles. The van der Waals surface area contributed by atoms with Crippen LogP contribution in [0.1, 0.15) is 19.6 Å². The van der Waals surface area contributed by atoms with E-state index in [1.54, 1.807) is 11.2 Å². The van der Waals surface area contributed by atoms with Crippen LogP contribution in [0.25, 0.3) is 0 Å². The predicted octanol–water partition coefficient (Wildman–Crippen LogP) is 1.96. The molecule has 0 spiro atoms. The standard InChI is InChI=1S/C22H30N4O3/c1-18(2)23-21(27)16-24-10-12-25(13-11-24)17-22(28)26(15-20-9-6-14-29-20)19-7-4-3-5-8-19/h3-9,14,18H,10-13,15-17H2,1-2H3,(H,23,27). The molecule has 0 atom stereocenters. The molecule has 7 nitrogen and oxygen atoms in total. The van der Waals surface area contributed by atoms with Crippen LogP contribution < -0.4 is 10.2 Å². The van der Waals surface area contributed by atoms with Gasteiger partial charge in [0.2, 0.25) is 11.8 Å². The summed E-state index contributed by atoms with van der Waals surface area (Å²) < 4.78 is 5.45. The van der Waals surface area contributed by atoms with E-state index in [0.29, 0.717) is 19.6 Å². The fraction of sp³-hybridized carbons (Fsp3) is 0.455. The third kappa shape index (κ3) is 6.44. The summed E-state index contributed by atoms with van der Waals surface area (Å²) in [5.41, 5.74) is 0.859. The van der Waals surface area contributed by atoms with Gasteiger partial charge in [-0.05, 0) is 38.1 Å². The molecule has 1 saturated heterocycles. The number of nitrogens with one attached hydrogen (secondary N) is 1. The lowest BCUT2D eigenvalue weighted by Crippen LogP contribution is -2.52. The summed E-state index contributed by atoms with van der Waals surface area (Å²) in [6.45, 7) is 8.19. The van der Waals surface area contributed by atoms with Crippen molar-refractivity contribution in [2.24, 2.45) is 0 Å². The first-order chi connectivity index (χ1) is 14.0. The second-order valence-electron chi connectivity index (χ2n) is 7.67. The molecular weight excluding hydrogens is 368 g/mol. The Labute approximate surface area is 172 Å². The van der Waals surface area contributed by atoms with Crippen molar-refractivity contribution in [1.29, 1.82) is 0 Å². The zero-order chi connectivity index (χ0) is 20.6. The Morgan fingerprint density at radius 1 is 1.00 bits per heavy atom. The Balaban J connectivity index is 1.54. The van der Waals surface area contributed by atoms with Crippen molar-refractivity contribution in [3.63, 3.8) is 0 Å². The minimum Gasteiger partial charge on any atom is -0.467 e. The van der Waals surface area contributed by atoms with Gasteiger partial charge in [-0.2, -0.15) is 0 Å². The number of nitrogens with zero attached hydrogens (tertiary/aromatic N) is 3. The van der Waals surface area contributed by atoms with Crippen molar-refractivity contribution in [1.82, 2.24) is 15.1 Å². The number of carbonyl (C=O) groups is 2. The van der Waals surface area contributed by atoms with Gasteiger partial charge in [0.1, 0.15) is 5.76 Å². The Morgan fingerprint density at radius 2 is 1.66 bits per heavy atom. The summed E-state index contributed by atoms with van der Waals surface area (Å²) in [6.07, 6.45) is 1.62. The van der Waals surface area contributed by atoms with Gasteiger partial charge in [0, 0.05) is 37.9 Å². The molecule has 1 aliphatic rings. The van der Waals surface area contributed by atoms with E-state index < -0.39 is 0 Å². The average molecular weight is 399 g/mol. The molecule has 0 bridgehead atoms. The Morgan fingerprint density at radius 3 is 2.24 bits per heavy atom. The number of benzene rings is 1. The molecule has 1 fully saturated rings. The largest absolute Gasteiger partial charge is 0.467 e. The van der Waals surface area contributed by atoms with Crippen molar-refractivity contribution in [2.45, 2.75) is 26.4 Å². The first-order valence-electron chi connectivity index (χ1n) is 10.1. The van der Waals surface area contributed by atoms with Gasteiger partial charge in [-0.25, -0.2) is 0 Å². The first kappa shape index (κ1) is 21.1. The molecule has 3 rings (SSSR count). The Hall–Kier alpha value is -2.64. The van der Waals surface area contributed by atoms with Crippen molar-refractivity contribution in [2.75, 3.05) is 44.2 Å². The number of hydrogen-bond acceptors (Lipinski definition) is 5. The fourth-order valence-corrected chi connectivity index (χ4v) is 3.44. The topological polar surface area (TPSA) is 69.0 Å². The lowest BCUT2D eigenvalue weighted by Gasteiger charge is -2.35.